The first-order chi connectivity index (χ1) is 16.3. The van der Waals surface area contributed by atoms with Gasteiger partial charge in [0, 0.05) is 57.0 Å². The molecule has 1 atom stereocenters. The number of halogens is 2. The van der Waals surface area contributed by atoms with Crippen LogP contribution < -0.4 is 5.49 Å². The molecule has 2 aliphatic heterocycles. The molecule has 0 radical (unpaired) electrons. The second-order valence-electron chi connectivity index (χ2n) is 8.45. The van der Waals surface area contributed by atoms with Crippen molar-refractivity contribution >= 4 is 6.29 Å². The number of benzene rings is 1. The zero-order chi connectivity index (χ0) is 24.9. The molecule has 1 aromatic carbocycles. The van der Waals surface area contributed by atoms with Crippen LogP contribution in [0.2, 0.25) is 0 Å². The summed E-state index contributed by atoms with van der Waals surface area (Å²) < 4.78 is 38.6. The highest BCUT2D eigenvalue weighted by molar-refractivity contribution is 5.73. The molecule has 0 aliphatic carbocycles. The van der Waals surface area contributed by atoms with E-state index < -0.39 is 11.6 Å². The molecular formula is C26H35F2N3O3. The minimum Gasteiger partial charge on any atom is -0.381 e. The van der Waals surface area contributed by atoms with Crippen LogP contribution in [-0.4, -0.2) is 42.3 Å². The second-order valence-corrected chi connectivity index (χ2v) is 8.45. The summed E-state index contributed by atoms with van der Waals surface area (Å²) in [4.78, 5) is 19.2. The minimum atomic E-state index is -0.698. The average molecular weight is 476 g/mol. The van der Waals surface area contributed by atoms with Gasteiger partial charge in [0.15, 0.2) is 0 Å². The third-order valence-electron chi connectivity index (χ3n) is 5.52. The number of nitrogens with zero attached hydrogens (tertiary/aromatic N) is 3. The van der Waals surface area contributed by atoms with Gasteiger partial charge in [-0.25, -0.2) is 18.8 Å². The number of carbonyl (C=O) groups is 1. The largest absolute Gasteiger partial charge is 0.381 e. The molecule has 6 nitrogen and oxygen atoms in total. The molecule has 2 fully saturated rings. The molecule has 34 heavy (non-hydrogen) atoms. The number of ether oxygens (including phenoxy) is 2. The normalized spacial score (nSPS) is 18.8. The molecule has 8 heteroatoms. The Balaban J connectivity index is 0.000000274. The van der Waals surface area contributed by atoms with E-state index in [2.05, 4.69) is 16.9 Å². The zero-order valence-electron chi connectivity index (χ0n) is 20.5. The van der Waals surface area contributed by atoms with Gasteiger partial charge in [0.2, 0.25) is 0 Å². The van der Waals surface area contributed by atoms with Gasteiger partial charge < -0.3 is 14.0 Å². The molecule has 186 valence electrons. The van der Waals surface area contributed by atoms with Gasteiger partial charge in [0.1, 0.15) is 29.2 Å². The first kappa shape index (κ1) is 27.5. The fourth-order valence-electron chi connectivity index (χ4n) is 3.20. The quantitative estimate of drug-likeness (QED) is 0.464. The lowest BCUT2D eigenvalue weighted by Gasteiger charge is -2.09. The number of aromatic nitrogens is 2. The molecule has 4 rings (SSSR count). The SMILES string of the molecule is C/C(C=O)=C(\C)N=c1ccnc(-c2ccc(F)cc2F)n1C.C1CCOCC1.CC1CCOC1. The van der Waals surface area contributed by atoms with Crippen molar-refractivity contribution in [2.75, 3.05) is 26.4 Å². The summed E-state index contributed by atoms with van der Waals surface area (Å²) in [5.74, 6) is -0.206. The first-order valence-corrected chi connectivity index (χ1v) is 11.6. The van der Waals surface area contributed by atoms with Crippen LogP contribution in [0.15, 0.2) is 46.7 Å². The Hall–Kier alpha value is -2.71. The van der Waals surface area contributed by atoms with Crippen LogP contribution in [0.1, 0.15) is 46.5 Å². The van der Waals surface area contributed by atoms with E-state index in [0.717, 1.165) is 44.7 Å². The maximum absolute atomic E-state index is 13.9. The fourth-order valence-corrected chi connectivity index (χ4v) is 3.20. The van der Waals surface area contributed by atoms with Gasteiger partial charge in [-0.05, 0) is 63.6 Å². The standard InChI is InChI=1S/C16H15F2N3O.2C5H10O/c1-10(9-22)11(2)20-15-6-7-19-16(21(15)3)13-5-4-12(17)8-14(13)18;1-5-2-3-6-4-5;1-2-4-6-5-3-1/h4-9H,1-3H3;5H,2-4H2,1H3;1-5H2/b11-10-,20-15?;;. The van der Waals surface area contributed by atoms with Crippen LogP contribution >= 0.6 is 0 Å². The summed E-state index contributed by atoms with van der Waals surface area (Å²) in [5.41, 5.74) is 1.75. The molecule has 1 aromatic heterocycles. The summed E-state index contributed by atoms with van der Waals surface area (Å²) >= 11 is 0. The van der Waals surface area contributed by atoms with Crippen molar-refractivity contribution in [3.8, 4) is 11.4 Å². The van der Waals surface area contributed by atoms with Gasteiger partial charge in [-0.2, -0.15) is 0 Å². The molecule has 0 spiro atoms. The predicted molar refractivity (Wildman–Crippen MR) is 128 cm³/mol. The lowest BCUT2D eigenvalue weighted by atomic mass is 10.2. The van der Waals surface area contributed by atoms with Crippen LogP contribution in [0.3, 0.4) is 0 Å². The number of rotatable bonds is 3. The molecule has 2 aromatic rings. The zero-order valence-corrected chi connectivity index (χ0v) is 20.5. The molecule has 0 amide bonds. The predicted octanol–water partition coefficient (Wildman–Crippen LogP) is 4.99. The third-order valence-corrected chi connectivity index (χ3v) is 5.52. The first-order valence-electron chi connectivity index (χ1n) is 11.6. The third kappa shape index (κ3) is 8.91. The molecule has 2 aliphatic rings. The highest BCUT2D eigenvalue weighted by atomic mass is 19.1. The van der Waals surface area contributed by atoms with E-state index in [4.69, 9.17) is 9.47 Å². The lowest BCUT2D eigenvalue weighted by Crippen LogP contribution is -2.20. The van der Waals surface area contributed by atoms with E-state index in [-0.39, 0.29) is 5.56 Å². The number of carbonyl (C=O) groups excluding carboxylic acids is 1. The van der Waals surface area contributed by atoms with Crippen LogP contribution in [-0.2, 0) is 21.3 Å². The van der Waals surface area contributed by atoms with E-state index >= 15 is 0 Å². The summed E-state index contributed by atoms with van der Waals surface area (Å²) in [5, 5.41) is 0. The van der Waals surface area contributed by atoms with Gasteiger partial charge in [0.05, 0.1) is 5.56 Å². The Morgan fingerprint density at radius 2 is 1.85 bits per heavy atom. The number of aldehydes is 1. The maximum Gasteiger partial charge on any atom is 0.147 e. The highest BCUT2D eigenvalue weighted by Gasteiger charge is 2.11. The van der Waals surface area contributed by atoms with E-state index in [1.165, 1.54) is 44.0 Å². The summed E-state index contributed by atoms with van der Waals surface area (Å²) in [7, 11) is 1.67. The van der Waals surface area contributed by atoms with Gasteiger partial charge in [-0.15, -0.1) is 0 Å². The molecular weight excluding hydrogens is 440 g/mol. The Labute approximate surface area is 200 Å². The Morgan fingerprint density at radius 1 is 1.12 bits per heavy atom. The fraction of sp³-hybridized carbons (Fsp3) is 0.500. The van der Waals surface area contributed by atoms with Crippen LogP contribution in [0.25, 0.3) is 11.4 Å². The molecule has 1 unspecified atom stereocenters. The smallest absolute Gasteiger partial charge is 0.147 e. The number of hydrogen-bond acceptors (Lipinski definition) is 5. The highest BCUT2D eigenvalue weighted by Crippen LogP contribution is 2.19. The van der Waals surface area contributed by atoms with Crippen molar-refractivity contribution < 1.29 is 23.0 Å². The van der Waals surface area contributed by atoms with E-state index in [0.29, 0.717) is 22.6 Å². The number of hydrogen-bond donors (Lipinski definition) is 0. The molecule has 0 saturated carbocycles. The summed E-state index contributed by atoms with van der Waals surface area (Å²) in [6.07, 6.45) is 7.40. The topological polar surface area (TPSA) is 65.7 Å². The minimum absolute atomic E-state index is 0.176. The average Bonchev–Trinajstić information content (AvgIpc) is 3.33. The summed E-state index contributed by atoms with van der Waals surface area (Å²) in [6, 6.07) is 4.96. The van der Waals surface area contributed by atoms with Crippen LogP contribution in [0.4, 0.5) is 8.78 Å². The van der Waals surface area contributed by atoms with E-state index in [9.17, 15) is 13.6 Å². The van der Waals surface area contributed by atoms with Crippen molar-refractivity contribution in [3.05, 3.63) is 58.9 Å². The van der Waals surface area contributed by atoms with E-state index in [1.807, 2.05) is 0 Å². The van der Waals surface area contributed by atoms with Crippen LogP contribution in [0.5, 0.6) is 0 Å². The van der Waals surface area contributed by atoms with Crippen LogP contribution in [0, 0.1) is 17.6 Å². The lowest BCUT2D eigenvalue weighted by molar-refractivity contribution is -0.104. The van der Waals surface area contributed by atoms with Gasteiger partial charge in [-0.1, -0.05) is 6.92 Å². The van der Waals surface area contributed by atoms with Crippen molar-refractivity contribution in [3.63, 3.8) is 0 Å². The maximum atomic E-state index is 13.9. The Kier molecular flexibility index (Phi) is 11.8. The van der Waals surface area contributed by atoms with Gasteiger partial charge in [0.25, 0.3) is 0 Å². The molecule has 0 bridgehead atoms. The molecule has 2 saturated heterocycles. The van der Waals surface area contributed by atoms with Crippen molar-refractivity contribution in [1.82, 2.24) is 9.55 Å². The molecule has 0 N–H and O–H groups in total. The van der Waals surface area contributed by atoms with Crippen molar-refractivity contribution in [2.24, 2.45) is 18.0 Å². The van der Waals surface area contributed by atoms with Crippen molar-refractivity contribution in [2.45, 2.75) is 46.5 Å². The molecule has 3 heterocycles. The van der Waals surface area contributed by atoms with Crippen molar-refractivity contribution in [1.29, 1.82) is 0 Å². The summed E-state index contributed by atoms with van der Waals surface area (Å²) in [6.45, 7) is 9.56. The Morgan fingerprint density at radius 3 is 2.32 bits per heavy atom. The number of allylic oxidation sites excluding steroid dienone is 2. The monoisotopic (exact) mass is 475 g/mol. The second kappa shape index (κ2) is 14.5. The Bertz CT molecular complexity index is 1010. The van der Waals surface area contributed by atoms with Gasteiger partial charge in [-0.3, -0.25) is 4.79 Å². The van der Waals surface area contributed by atoms with E-state index in [1.54, 1.807) is 31.5 Å². The van der Waals surface area contributed by atoms with Gasteiger partial charge >= 0.3 is 0 Å².